The third-order valence-electron chi connectivity index (χ3n) is 3.08. The van der Waals surface area contributed by atoms with Crippen LogP contribution >= 0.6 is 0 Å². The van der Waals surface area contributed by atoms with E-state index in [2.05, 4.69) is 36.4 Å². The van der Waals surface area contributed by atoms with Crippen LogP contribution in [-0.2, 0) is 13.1 Å². The molecule has 0 spiro atoms. The van der Waals surface area contributed by atoms with Gasteiger partial charge in [0.15, 0.2) is 0 Å². The van der Waals surface area contributed by atoms with E-state index in [4.69, 9.17) is 4.74 Å². The highest BCUT2D eigenvalue weighted by atomic mass is 16.5. The standard InChI is InChI=1S/C16H23N3O/c1-13(2)10-17-11-15-8-9-19(18-15)12-14-6-4-5-7-16(14)20-3/h4-9,13,17H,10-12H2,1-3H3. The topological polar surface area (TPSA) is 39.1 Å². The van der Waals surface area contributed by atoms with E-state index < -0.39 is 0 Å². The third-order valence-corrected chi connectivity index (χ3v) is 3.08. The van der Waals surface area contributed by atoms with Crippen molar-refractivity contribution in [1.82, 2.24) is 15.1 Å². The summed E-state index contributed by atoms with van der Waals surface area (Å²) in [6.45, 7) is 6.96. The molecule has 4 nitrogen and oxygen atoms in total. The number of para-hydroxylation sites is 1. The Kier molecular flexibility index (Phi) is 5.18. The van der Waals surface area contributed by atoms with Crippen molar-refractivity contribution in [1.29, 1.82) is 0 Å². The van der Waals surface area contributed by atoms with Gasteiger partial charge in [0.2, 0.25) is 0 Å². The number of methoxy groups -OCH3 is 1. The SMILES string of the molecule is COc1ccccc1Cn1ccc(CNCC(C)C)n1. The van der Waals surface area contributed by atoms with Crippen molar-refractivity contribution in [3.05, 3.63) is 47.8 Å². The molecule has 108 valence electrons. The normalized spacial score (nSPS) is 11.0. The van der Waals surface area contributed by atoms with Crippen molar-refractivity contribution >= 4 is 0 Å². The lowest BCUT2D eigenvalue weighted by molar-refractivity contribution is 0.407. The molecule has 0 unspecified atom stereocenters. The maximum Gasteiger partial charge on any atom is 0.123 e. The van der Waals surface area contributed by atoms with Crippen LogP contribution < -0.4 is 10.1 Å². The van der Waals surface area contributed by atoms with E-state index in [9.17, 15) is 0 Å². The molecule has 1 aromatic heterocycles. The molecular weight excluding hydrogens is 250 g/mol. The minimum absolute atomic E-state index is 0.658. The summed E-state index contributed by atoms with van der Waals surface area (Å²) < 4.78 is 7.31. The Bertz CT molecular complexity index is 534. The van der Waals surface area contributed by atoms with E-state index in [0.29, 0.717) is 5.92 Å². The van der Waals surface area contributed by atoms with E-state index in [0.717, 1.165) is 36.6 Å². The highest BCUT2D eigenvalue weighted by Gasteiger charge is 2.04. The van der Waals surface area contributed by atoms with Crippen molar-refractivity contribution in [2.24, 2.45) is 5.92 Å². The first-order chi connectivity index (χ1) is 9.69. The van der Waals surface area contributed by atoms with Crippen molar-refractivity contribution in [3.63, 3.8) is 0 Å². The lowest BCUT2D eigenvalue weighted by Crippen LogP contribution is -2.19. The predicted octanol–water partition coefficient (Wildman–Crippen LogP) is 2.69. The van der Waals surface area contributed by atoms with Crippen LogP contribution in [0.5, 0.6) is 5.75 Å². The zero-order valence-electron chi connectivity index (χ0n) is 12.5. The number of rotatable bonds is 7. The summed E-state index contributed by atoms with van der Waals surface area (Å²) in [7, 11) is 1.70. The minimum Gasteiger partial charge on any atom is -0.496 e. The Morgan fingerprint density at radius 1 is 1.25 bits per heavy atom. The first-order valence-corrected chi connectivity index (χ1v) is 7.04. The molecule has 0 aliphatic rings. The summed E-state index contributed by atoms with van der Waals surface area (Å²) in [5.41, 5.74) is 2.21. The largest absolute Gasteiger partial charge is 0.496 e. The van der Waals surface area contributed by atoms with E-state index in [1.165, 1.54) is 0 Å². The van der Waals surface area contributed by atoms with Gasteiger partial charge in [-0.05, 0) is 24.6 Å². The molecule has 1 N–H and O–H groups in total. The van der Waals surface area contributed by atoms with Gasteiger partial charge in [-0.3, -0.25) is 4.68 Å². The maximum absolute atomic E-state index is 5.36. The Morgan fingerprint density at radius 2 is 2.05 bits per heavy atom. The summed E-state index contributed by atoms with van der Waals surface area (Å²) in [6, 6.07) is 10.1. The predicted molar refractivity (Wildman–Crippen MR) is 80.9 cm³/mol. The van der Waals surface area contributed by atoms with Crippen LogP contribution in [0.3, 0.4) is 0 Å². The third kappa shape index (κ3) is 4.10. The second kappa shape index (κ2) is 7.10. The molecule has 0 aliphatic carbocycles. The molecule has 4 heteroatoms. The molecule has 2 aromatic rings. The number of ether oxygens (including phenoxy) is 1. The molecule has 0 radical (unpaired) electrons. The Hall–Kier alpha value is -1.81. The van der Waals surface area contributed by atoms with Gasteiger partial charge in [-0.1, -0.05) is 32.0 Å². The molecule has 0 bridgehead atoms. The Morgan fingerprint density at radius 3 is 2.80 bits per heavy atom. The second-order valence-electron chi connectivity index (χ2n) is 5.34. The number of benzene rings is 1. The second-order valence-corrected chi connectivity index (χ2v) is 5.34. The lowest BCUT2D eigenvalue weighted by atomic mass is 10.2. The summed E-state index contributed by atoms with van der Waals surface area (Å²) in [4.78, 5) is 0. The van der Waals surface area contributed by atoms with Gasteiger partial charge < -0.3 is 10.1 Å². The van der Waals surface area contributed by atoms with Gasteiger partial charge in [0.05, 0.1) is 19.3 Å². The number of nitrogens with zero attached hydrogens (tertiary/aromatic N) is 2. The van der Waals surface area contributed by atoms with Crippen molar-refractivity contribution < 1.29 is 4.74 Å². The van der Waals surface area contributed by atoms with Crippen molar-refractivity contribution in [2.75, 3.05) is 13.7 Å². The Balaban J connectivity index is 1.95. The van der Waals surface area contributed by atoms with E-state index in [-0.39, 0.29) is 0 Å². The van der Waals surface area contributed by atoms with E-state index >= 15 is 0 Å². The van der Waals surface area contributed by atoms with Crippen LogP contribution in [0.1, 0.15) is 25.1 Å². The van der Waals surface area contributed by atoms with E-state index in [1.54, 1.807) is 7.11 Å². The fourth-order valence-electron chi connectivity index (χ4n) is 2.08. The molecule has 0 aliphatic heterocycles. The lowest BCUT2D eigenvalue weighted by Gasteiger charge is -2.08. The molecule has 0 saturated carbocycles. The highest BCUT2D eigenvalue weighted by molar-refractivity contribution is 5.33. The fraction of sp³-hybridized carbons (Fsp3) is 0.438. The molecule has 1 heterocycles. The quantitative estimate of drug-likeness (QED) is 0.843. The summed E-state index contributed by atoms with van der Waals surface area (Å²) in [6.07, 6.45) is 2.01. The average molecular weight is 273 g/mol. The first-order valence-electron chi connectivity index (χ1n) is 7.04. The van der Waals surface area contributed by atoms with Gasteiger partial charge >= 0.3 is 0 Å². The van der Waals surface area contributed by atoms with Gasteiger partial charge in [0.25, 0.3) is 0 Å². The van der Waals surface area contributed by atoms with Crippen molar-refractivity contribution in [2.45, 2.75) is 26.9 Å². The van der Waals surface area contributed by atoms with Crippen LogP contribution in [0.15, 0.2) is 36.5 Å². The molecule has 0 atom stereocenters. The van der Waals surface area contributed by atoms with Crippen LogP contribution in [-0.4, -0.2) is 23.4 Å². The van der Waals surface area contributed by atoms with Crippen LogP contribution in [0.2, 0.25) is 0 Å². The van der Waals surface area contributed by atoms with Gasteiger partial charge in [-0.25, -0.2) is 0 Å². The zero-order chi connectivity index (χ0) is 14.4. The average Bonchev–Trinajstić information content (AvgIpc) is 2.86. The molecular formula is C16H23N3O. The van der Waals surface area contributed by atoms with Gasteiger partial charge in [-0.15, -0.1) is 0 Å². The number of hydrogen-bond acceptors (Lipinski definition) is 3. The number of nitrogens with one attached hydrogen (secondary N) is 1. The van der Waals surface area contributed by atoms with Crippen LogP contribution in [0.25, 0.3) is 0 Å². The monoisotopic (exact) mass is 273 g/mol. The van der Waals surface area contributed by atoms with E-state index in [1.807, 2.05) is 29.1 Å². The molecule has 1 aromatic carbocycles. The first kappa shape index (κ1) is 14.6. The van der Waals surface area contributed by atoms with Gasteiger partial charge in [0.1, 0.15) is 5.75 Å². The van der Waals surface area contributed by atoms with Crippen LogP contribution in [0.4, 0.5) is 0 Å². The minimum atomic E-state index is 0.658. The number of aromatic nitrogens is 2. The van der Waals surface area contributed by atoms with Crippen molar-refractivity contribution in [3.8, 4) is 5.75 Å². The zero-order valence-corrected chi connectivity index (χ0v) is 12.5. The summed E-state index contributed by atoms with van der Waals surface area (Å²) in [5, 5.41) is 7.98. The van der Waals surface area contributed by atoms with Gasteiger partial charge in [-0.2, -0.15) is 5.10 Å². The van der Waals surface area contributed by atoms with Crippen LogP contribution in [0, 0.1) is 5.92 Å². The summed E-state index contributed by atoms with van der Waals surface area (Å²) >= 11 is 0. The maximum atomic E-state index is 5.36. The molecule has 0 fully saturated rings. The Labute approximate surface area is 120 Å². The fourth-order valence-corrected chi connectivity index (χ4v) is 2.08. The highest BCUT2D eigenvalue weighted by Crippen LogP contribution is 2.18. The van der Waals surface area contributed by atoms with Gasteiger partial charge in [0, 0.05) is 18.3 Å². The molecule has 0 amide bonds. The summed E-state index contributed by atoms with van der Waals surface area (Å²) in [5.74, 6) is 1.56. The molecule has 20 heavy (non-hydrogen) atoms. The molecule has 2 rings (SSSR count). The molecule has 0 saturated heterocycles. The number of hydrogen-bond donors (Lipinski definition) is 1. The smallest absolute Gasteiger partial charge is 0.123 e.